The summed E-state index contributed by atoms with van der Waals surface area (Å²) in [6, 6.07) is 24.6. The van der Waals surface area contributed by atoms with Crippen LogP contribution in [-0.4, -0.2) is 26.3 Å². The van der Waals surface area contributed by atoms with Crippen LogP contribution in [0.3, 0.4) is 0 Å². The normalized spacial score (nSPS) is 11.0. The van der Waals surface area contributed by atoms with Crippen LogP contribution in [0.4, 0.5) is 0 Å². The topological polar surface area (TPSA) is 49.8 Å². The van der Waals surface area contributed by atoms with Crippen molar-refractivity contribution in [2.24, 2.45) is 0 Å². The van der Waals surface area contributed by atoms with Gasteiger partial charge in [0.2, 0.25) is 0 Å². The van der Waals surface area contributed by atoms with Crippen molar-refractivity contribution in [3.8, 4) is 6.07 Å². The molecule has 7 heteroatoms. The maximum Gasteiger partial charge on any atom is 0.199 e. The van der Waals surface area contributed by atoms with Gasteiger partial charge >= 0.3 is 0 Å². The van der Waals surface area contributed by atoms with E-state index in [2.05, 4.69) is 57.3 Å². The van der Waals surface area contributed by atoms with Crippen molar-refractivity contribution in [2.45, 2.75) is 32.6 Å². The molecule has 0 saturated heterocycles. The molecule has 0 saturated carbocycles. The molecule has 0 aliphatic carbocycles. The molecular weight excluding hydrogens is 434 g/mol. The summed E-state index contributed by atoms with van der Waals surface area (Å²) in [6.07, 6.45) is 1.69. The van der Waals surface area contributed by atoms with Crippen molar-refractivity contribution < 1.29 is 0 Å². The largest absolute Gasteiger partial charge is 0.303 e. The van der Waals surface area contributed by atoms with Gasteiger partial charge in [0.1, 0.15) is 5.82 Å². The zero-order chi connectivity index (χ0) is 22.3. The van der Waals surface area contributed by atoms with Gasteiger partial charge in [0.15, 0.2) is 4.77 Å². The first-order chi connectivity index (χ1) is 15.6. The highest BCUT2D eigenvalue weighted by Crippen LogP contribution is 2.16. The van der Waals surface area contributed by atoms with Gasteiger partial charge in [0, 0.05) is 24.4 Å². The Hall–Kier alpha value is -3.05. The van der Waals surface area contributed by atoms with Gasteiger partial charge in [-0.15, -0.1) is 11.3 Å². The summed E-state index contributed by atoms with van der Waals surface area (Å²) in [4.78, 5) is 3.44. The molecular formula is C25H25N5S2. The summed E-state index contributed by atoms with van der Waals surface area (Å²) in [5, 5.41) is 16.1. The predicted octanol–water partition coefficient (Wildman–Crippen LogP) is 5.27. The Bertz CT molecular complexity index is 1250. The zero-order valence-electron chi connectivity index (χ0n) is 18.0. The first-order valence-electron chi connectivity index (χ1n) is 10.5. The SMILES string of the molecule is CN(Cc1cccc(C#N)c1)Cn1nc(Cc2cccs2)n(CCc2ccccc2)c1=S. The average molecular weight is 460 g/mol. The maximum atomic E-state index is 9.15. The maximum absolute atomic E-state index is 9.15. The summed E-state index contributed by atoms with van der Waals surface area (Å²) < 4.78 is 4.83. The summed E-state index contributed by atoms with van der Waals surface area (Å²) in [7, 11) is 2.04. The van der Waals surface area contributed by atoms with Crippen LogP contribution in [0, 0.1) is 16.1 Å². The predicted molar refractivity (Wildman–Crippen MR) is 131 cm³/mol. The van der Waals surface area contributed by atoms with E-state index in [4.69, 9.17) is 22.6 Å². The molecule has 2 heterocycles. The highest BCUT2D eigenvalue weighted by atomic mass is 32.1. The molecule has 2 aromatic carbocycles. The minimum atomic E-state index is 0.589. The molecule has 0 N–H and O–H groups in total. The third-order valence-corrected chi connectivity index (χ3v) is 6.57. The second-order valence-corrected chi connectivity index (χ2v) is 9.21. The molecule has 0 atom stereocenters. The van der Waals surface area contributed by atoms with Gasteiger partial charge < -0.3 is 4.57 Å². The molecule has 0 aliphatic rings. The van der Waals surface area contributed by atoms with Crippen LogP contribution in [0.1, 0.15) is 27.4 Å². The van der Waals surface area contributed by atoms with Gasteiger partial charge in [-0.3, -0.25) is 4.90 Å². The van der Waals surface area contributed by atoms with Crippen LogP contribution in [0.25, 0.3) is 0 Å². The molecule has 2 aromatic heterocycles. The van der Waals surface area contributed by atoms with Gasteiger partial charge in [0.25, 0.3) is 0 Å². The number of thiophene rings is 1. The van der Waals surface area contributed by atoms with Gasteiger partial charge in [-0.2, -0.15) is 10.4 Å². The summed E-state index contributed by atoms with van der Waals surface area (Å²) in [5.74, 6) is 0.994. The van der Waals surface area contributed by atoms with E-state index in [9.17, 15) is 0 Å². The van der Waals surface area contributed by atoms with E-state index in [1.54, 1.807) is 11.3 Å². The summed E-state index contributed by atoms with van der Waals surface area (Å²) in [5.41, 5.74) is 3.06. The fourth-order valence-electron chi connectivity index (χ4n) is 3.72. The Balaban J connectivity index is 1.53. The van der Waals surface area contributed by atoms with Crippen LogP contribution in [-0.2, 0) is 32.6 Å². The number of nitriles is 1. The lowest BCUT2D eigenvalue weighted by Crippen LogP contribution is -2.22. The Morgan fingerprint density at radius 2 is 1.88 bits per heavy atom. The molecule has 4 rings (SSSR count). The molecule has 0 aliphatic heterocycles. The smallest absolute Gasteiger partial charge is 0.199 e. The third kappa shape index (κ3) is 5.60. The lowest BCUT2D eigenvalue weighted by Gasteiger charge is -2.16. The number of rotatable bonds is 9. The number of aromatic nitrogens is 3. The van der Waals surface area contributed by atoms with E-state index < -0.39 is 0 Å². The minimum absolute atomic E-state index is 0.589. The number of hydrogen-bond acceptors (Lipinski definition) is 5. The van der Waals surface area contributed by atoms with Crippen LogP contribution in [0.2, 0.25) is 0 Å². The van der Waals surface area contributed by atoms with Crippen LogP contribution in [0.5, 0.6) is 0 Å². The Labute approximate surface area is 197 Å². The van der Waals surface area contributed by atoms with Gasteiger partial charge in [-0.05, 0) is 60.4 Å². The van der Waals surface area contributed by atoms with Crippen molar-refractivity contribution in [3.63, 3.8) is 0 Å². The van der Waals surface area contributed by atoms with Crippen molar-refractivity contribution in [1.82, 2.24) is 19.2 Å². The van der Waals surface area contributed by atoms with Crippen LogP contribution >= 0.6 is 23.6 Å². The molecule has 0 bridgehead atoms. The Kier molecular flexibility index (Phi) is 7.28. The molecule has 0 unspecified atom stereocenters. The molecule has 0 fully saturated rings. The molecule has 0 amide bonds. The molecule has 5 nitrogen and oxygen atoms in total. The van der Waals surface area contributed by atoms with E-state index in [1.807, 2.05) is 42.1 Å². The lowest BCUT2D eigenvalue weighted by molar-refractivity contribution is 0.243. The standard InChI is InChI=1S/C25H25N5S2/c1-28(18-22-10-5-9-21(15-22)17-26)19-30-25(31)29(13-12-20-7-3-2-4-8-20)24(27-30)16-23-11-6-14-32-23/h2-11,14-15H,12-13,16,18-19H2,1H3. The molecule has 162 valence electrons. The number of hydrogen-bond donors (Lipinski definition) is 0. The van der Waals surface area contributed by atoms with E-state index in [0.29, 0.717) is 18.8 Å². The van der Waals surface area contributed by atoms with Gasteiger partial charge in [-0.25, -0.2) is 4.68 Å². The van der Waals surface area contributed by atoms with Crippen molar-refractivity contribution in [1.29, 1.82) is 5.26 Å². The van der Waals surface area contributed by atoms with E-state index in [0.717, 1.165) is 35.5 Å². The summed E-state index contributed by atoms with van der Waals surface area (Å²) in [6.45, 7) is 2.11. The van der Waals surface area contributed by atoms with Gasteiger partial charge in [-0.1, -0.05) is 48.5 Å². The Morgan fingerprint density at radius 3 is 2.62 bits per heavy atom. The molecule has 0 radical (unpaired) electrons. The fourth-order valence-corrected chi connectivity index (χ4v) is 4.71. The second kappa shape index (κ2) is 10.5. The molecule has 0 spiro atoms. The van der Waals surface area contributed by atoms with Crippen molar-refractivity contribution >= 4 is 23.6 Å². The number of aryl methyl sites for hydroxylation is 1. The zero-order valence-corrected chi connectivity index (χ0v) is 19.6. The highest BCUT2D eigenvalue weighted by Gasteiger charge is 2.14. The monoisotopic (exact) mass is 459 g/mol. The van der Waals surface area contributed by atoms with Crippen LogP contribution in [0.15, 0.2) is 72.1 Å². The fraction of sp³-hybridized carbons (Fsp3) is 0.240. The quantitative estimate of drug-likeness (QED) is 0.320. The molecule has 32 heavy (non-hydrogen) atoms. The van der Waals surface area contributed by atoms with Crippen molar-refractivity contribution in [3.05, 3.63) is 104 Å². The first-order valence-corrected chi connectivity index (χ1v) is 11.8. The van der Waals surface area contributed by atoms with E-state index >= 15 is 0 Å². The van der Waals surface area contributed by atoms with Crippen molar-refractivity contribution in [2.75, 3.05) is 7.05 Å². The van der Waals surface area contributed by atoms with E-state index in [1.165, 1.54) is 10.4 Å². The van der Waals surface area contributed by atoms with Crippen LogP contribution < -0.4 is 0 Å². The third-order valence-electron chi connectivity index (χ3n) is 5.26. The highest BCUT2D eigenvalue weighted by molar-refractivity contribution is 7.71. The Morgan fingerprint density at radius 1 is 1.06 bits per heavy atom. The minimum Gasteiger partial charge on any atom is -0.303 e. The number of benzene rings is 2. The van der Waals surface area contributed by atoms with Gasteiger partial charge in [0.05, 0.1) is 18.3 Å². The molecule has 4 aromatic rings. The first kappa shape index (κ1) is 22.2. The second-order valence-electron chi connectivity index (χ2n) is 7.81. The lowest BCUT2D eigenvalue weighted by atomic mass is 10.1. The average Bonchev–Trinajstić information content (AvgIpc) is 3.41. The summed E-state index contributed by atoms with van der Waals surface area (Å²) >= 11 is 7.59. The van der Waals surface area contributed by atoms with E-state index in [-0.39, 0.29) is 0 Å². The number of nitrogens with zero attached hydrogens (tertiary/aromatic N) is 5.